The predicted octanol–water partition coefficient (Wildman–Crippen LogP) is 5.13. The van der Waals surface area contributed by atoms with Gasteiger partial charge in [-0.15, -0.1) is 0 Å². The van der Waals surface area contributed by atoms with Crippen LogP contribution in [0, 0.1) is 6.92 Å². The van der Waals surface area contributed by atoms with E-state index in [0.29, 0.717) is 37.6 Å². The zero-order valence-corrected chi connectivity index (χ0v) is 18.6. The Kier molecular flexibility index (Phi) is 6.27. The van der Waals surface area contributed by atoms with Gasteiger partial charge in [0.25, 0.3) is 5.56 Å². The van der Waals surface area contributed by atoms with Gasteiger partial charge in [0.1, 0.15) is 5.82 Å². The molecule has 4 aromatic rings. The molecule has 0 radical (unpaired) electrons. The Morgan fingerprint density at radius 3 is 2.68 bits per heavy atom. The van der Waals surface area contributed by atoms with Gasteiger partial charge in [0, 0.05) is 11.2 Å². The average molecular weight is 471 g/mol. The van der Waals surface area contributed by atoms with Crippen molar-refractivity contribution in [2.24, 2.45) is 0 Å². The molecule has 9 heteroatoms. The average Bonchev–Trinajstić information content (AvgIpc) is 2.76. The summed E-state index contributed by atoms with van der Waals surface area (Å²) in [5.41, 5.74) is 1.81. The molecule has 0 saturated heterocycles. The number of nitrogens with zero attached hydrogens (tertiary/aromatic N) is 3. The molecule has 0 spiro atoms. The molecule has 2 heterocycles. The van der Waals surface area contributed by atoms with E-state index in [4.69, 9.17) is 23.2 Å². The third-order valence-electron chi connectivity index (χ3n) is 4.49. The number of rotatable bonds is 5. The summed E-state index contributed by atoms with van der Waals surface area (Å²) in [5.74, 6) is 0.147. The molecule has 31 heavy (non-hydrogen) atoms. The first kappa shape index (κ1) is 21.4. The Labute approximate surface area is 192 Å². The number of nitrogens with one attached hydrogen (secondary N) is 1. The van der Waals surface area contributed by atoms with E-state index in [-0.39, 0.29) is 17.2 Å². The molecular formula is C22H16Cl2N4O2S. The van der Waals surface area contributed by atoms with Crippen LogP contribution in [0.1, 0.15) is 5.56 Å². The van der Waals surface area contributed by atoms with Gasteiger partial charge < -0.3 is 5.32 Å². The Bertz CT molecular complexity index is 1340. The minimum Gasteiger partial charge on any atom is -0.310 e. The second kappa shape index (κ2) is 9.09. The smallest absolute Gasteiger partial charge is 0.266 e. The first-order valence-electron chi connectivity index (χ1n) is 9.25. The summed E-state index contributed by atoms with van der Waals surface area (Å²) in [6.07, 6.45) is 1.45. The van der Waals surface area contributed by atoms with Crippen LogP contribution < -0.4 is 10.9 Å². The predicted molar refractivity (Wildman–Crippen MR) is 126 cm³/mol. The Balaban J connectivity index is 1.68. The maximum atomic E-state index is 13.3. The molecule has 0 aliphatic carbocycles. The minimum atomic E-state index is -0.282. The summed E-state index contributed by atoms with van der Waals surface area (Å²) in [7, 11) is 0. The fourth-order valence-corrected chi connectivity index (χ4v) is 4.02. The quantitative estimate of drug-likeness (QED) is 0.323. The number of halogens is 2. The van der Waals surface area contributed by atoms with E-state index < -0.39 is 0 Å². The summed E-state index contributed by atoms with van der Waals surface area (Å²) in [5, 5.41) is 4.60. The third kappa shape index (κ3) is 4.74. The van der Waals surface area contributed by atoms with Crippen LogP contribution in [-0.2, 0) is 4.79 Å². The van der Waals surface area contributed by atoms with Gasteiger partial charge in [-0.3, -0.25) is 14.2 Å². The fourth-order valence-electron chi connectivity index (χ4n) is 2.92. The van der Waals surface area contributed by atoms with Crippen molar-refractivity contribution in [2.75, 3.05) is 11.1 Å². The van der Waals surface area contributed by atoms with Gasteiger partial charge in [-0.1, -0.05) is 53.2 Å². The molecule has 0 unspecified atom stereocenters. The molecule has 0 aliphatic heterocycles. The van der Waals surface area contributed by atoms with Gasteiger partial charge >= 0.3 is 0 Å². The summed E-state index contributed by atoms with van der Waals surface area (Å²) >= 11 is 13.3. The number of fused-ring (bicyclic) bond motifs is 1. The molecule has 0 fully saturated rings. The number of benzene rings is 2. The summed E-state index contributed by atoms with van der Waals surface area (Å²) in [4.78, 5) is 34.4. The third-order valence-corrected chi connectivity index (χ3v) is 6.06. The summed E-state index contributed by atoms with van der Waals surface area (Å²) < 4.78 is 1.48. The number of pyridine rings is 1. The molecule has 2 aromatic carbocycles. The van der Waals surface area contributed by atoms with Crippen LogP contribution in [0.25, 0.3) is 16.6 Å². The lowest BCUT2D eigenvalue weighted by Crippen LogP contribution is -2.23. The van der Waals surface area contributed by atoms with Crippen LogP contribution in [0.4, 0.5) is 5.82 Å². The van der Waals surface area contributed by atoms with E-state index in [1.807, 2.05) is 19.1 Å². The number of thioether (sulfide) groups is 1. The first-order chi connectivity index (χ1) is 14.9. The van der Waals surface area contributed by atoms with Crippen LogP contribution in [0.3, 0.4) is 0 Å². The number of hydrogen-bond acceptors (Lipinski definition) is 5. The van der Waals surface area contributed by atoms with E-state index in [0.717, 1.165) is 17.3 Å². The fraction of sp³-hybridized carbons (Fsp3) is 0.0909. The molecule has 1 amide bonds. The lowest BCUT2D eigenvalue weighted by molar-refractivity contribution is -0.113. The maximum Gasteiger partial charge on any atom is 0.266 e. The Hall–Kier alpha value is -2.87. The van der Waals surface area contributed by atoms with Gasteiger partial charge in [0.05, 0.1) is 27.4 Å². The zero-order valence-electron chi connectivity index (χ0n) is 16.3. The van der Waals surface area contributed by atoms with Gasteiger partial charge in [-0.25, -0.2) is 9.97 Å². The van der Waals surface area contributed by atoms with Crippen LogP contribution in [0.5, 0.6) is 0 Å². The molecule has 2 aromatic heterocycles. The SMILES string of the molecule is Cc1ccc(-n2c(SCC(=O)Nc3ccc(Cl)cn3)nc3ccccc3c2=O)cc1Cl. The van der Waals surface area contributed by atoms with Gasteiger partial charge in [-0.2, -0.15) is 0 Å². The first-order valence-corrected chi connectivity index (χ1v) is 11.0. The minimum absolute atomic E-state index is 0.0364. The highest BCUT2D eigenvalue weighted by Gasteiger charge is 2.15. The van der Waals surface area contributed by atoms with Gasteiger partial charge in [0.15, 0.2) is 5.16 Å². The molecule has 156 valence electrons. The van der Waals surface area contributed by atoms with E-state index >= 15 is 0 Å². The highest BCUT2D eigenvalue weighted by Crippen LogP contribution is 2.24. The van der Waals surface area contributed by atoms with Crippen molar-refractivity contribution < 1.29 is 4.79 Å². The number of amides is 1. The molecule has 0 saturated carbocycles. The molecule has 4 rings (SSSR count). The Morgan fingerprint density at radius 1 is 1.13 bits per heavy atom. The Morgan fingerprint density at radius 2 is 1.94 bits per heavy atom. The van der Waals surface area contributed by atoms with Crippen molar-refractivity contribution in [3.8, 4) is 5.69 Å². The van der Waals surface area contributed by atoms with Gasteiger partial charge in [-0.05, 0) is 48.9 Å². The molecule has 6 nitrogen and oxygen atoms in total. The van der Waals surface area contributed by atoms with Crippen LogP contribution in [0.2, 0.25) is 10.0 Å². The number of aromatic nitrogens is 3. The normalized spacial score (nSPS) is 10.9. The standard InChI is InChI=1S/C22H16Cl2N4O2S/c1-13-6-8-15(10-17(13)24)28-21(30)16-4-2-3-5-18(16)26-22(28)31-12-20(29)27-19-9-7-14(23)11-25-19/h2-11H,12H2,1H3,(H,25,27,29). The number of carbonyl (C=O) groups excluding carboxylic acids is 1. The number of hydrogen-bond donors (Lipinski definition) is 1. The zero-order chi connectivity index (χ0) is 22.0. The van der Waals surface area contributed by atoms with E-state index in [9.17, 15) is 9.59 Å². The number of aryl methyl sites for hydroxylation is 1. The maximum absolute atomic E-state index is 13.3. The van der Waals surface area contributed by atoms with Crippen molar-refractivity contribution in [1.82, 2.24) is 14.5 Å². The van der Waals surface area contributed by atoms with E-state index in [1.54, 1.807) is 42.5 Å². The number of para-hydroxylation sites is 1. The largest absolute Gasteiger partial charge is 0.310 e. The summed E-state index contributed by atoms with van der Waals surface area (Å²) in [6, 6.07) is 15.7. The van der Waals surface area contributed by atoms with Crippen molar-refractivity contribution >= 4 is 57.6 Å². The van der Waals surface area contributed by atoms with Crippen LogP contribution >= 0.6 is 35.0 Å². The van der Waals surface area contributed by atoms with Crippen molar-refractivity contribution in [1.29, 1.82) is 0 Å². The highest BCUT2D eigenvalue weighted by atomic mass is 35.5. The molecule has 0 bridgehead atoms. The van der Waals surface area contributed by atoms with E-state index in [1.165, 1.54) is 10.8 Å². The topological polar surface area (TPSA) is 76.9 Å². The lowest BCUT2D eigenvalue weighted by Gasteiger charge is -2.14. The highest BCUT2D eigenvalue weighted by molar-refractivity contribution is 7.99. The lowest BCUT2D eigenvalue weighted by atomic mass is 10.2. The monoisotopic (exact) mass is 470 g/mol. The van der Waals surface area contributed by atoms with Gasteiger partial charge in [0.2, 0.25) is 5.91 Å². The second-order valence-corrected chi connectivity index (χ2v) is 8.47. The van der Waals surface area contributed by atoms with E-state index in [2.05, 4.69) is 15.3 Å². The second-order valence-electron chi connectivity index (χ2n) is 6.68. The van der Waals surface area contributed by atoms with Crippen LogP contribution in [-0.4, -0.2) is 26.2 Å². The summed E-state index contributed by atoms with van der Waals surface area (Å²) in [6.45, 7) is 1.89. The number of anilines is 1. The van der Waals surface area contributed by atoms with Crippen molar-refractivity contribution in [2.45, 2.75) is 12.1 Å². The molecule has 0 atom stereocenters. The number of carbonyl (C=O) groups is 1. The molecular weight excluding hydrogens is 455 g/mol. The van der Waals surface area contributed by atoms with Crippen LogP contribution in [0.15, 0.2) is 70.7 Å². The molecule has 0 aliphatic rings. The van der Waals surface area contributed by atoms with Crippen molar-refractivity contribution in [3.05, 3.63) is 86.8 Å². The van der Waals surface area contributed by atoms with Crippen molar-refractivity contribution in [3.63, 3.8) is 0 Å². The molecule has 1 N–H and O–H groups in total.